The number of para-hydroxylation sites is 1. The van der Waals surface area contributed by atoms with Crippen molar-refractivity contribution in [1.82, 2.24) is 19.9 Å². The second-order valence-corrected chi connectivity index (χ2v) is 10.2. The van der Waals surface area contributed by atoms with Gasteiger partial charge in [-0.05, 0) is 59.5 Å². The number of carbonyl (C=O) groups is 1. The van der Waals surface area contributed by atoms with Crippen LogP contribution in [0.2, 0.25) is 5.02 Å². The molecule has 5 rings (SSSR count). The van der Waals surface area contributed by atoms with Crippen molar-refractivity contribution in [2.24, 2.45) is 0 Å². The zero-order valence-corrected chi connectivity index (χ0v) is 22.5. The van der Waals surface area contributed by atoms with Crippen molar-refractivity contribution < 1.29 is 9.53 Å². The number of carbonyl (C=O) groups excluding carboxylic acids is 1. The van der Waals surface area contributed by atoms with Gasteiger partial charge in [-0.2, -0.15) is 0 Å². The summed E-state index contributed by atoms with van der Waals surface area (Å²) in [7, 11) is 1.66. The van der Waals surface area contributed by atoms with Crippen LogP contribution in [-0.2, 0) is 18.7 Å². The molecule has 0 spiro atoms. The topological polar surface area (TPSA) is 69.0 Å². The molecule has 0 radical (unpaired) electrons. The van der Waals surface area contributed by atoms with Crippen LogP contribution in [0, 0.1) is 0 Å². The van der Waals surface area contributed by atoms with E-state index in [1.807, 2.05) is 79.0 Å². The molecule has 0 aliphatic rings. The van der Waals surface area contributed by atoms with Crippen LogP contribution in [0.5, 0.6) is 5.75 Å². The maximum Gasteiger partial charge on any atom is 0.251 e. The van der Waals surface area contributed by atoms with E-state index in [4.69, 9.17) is 21.3 Å². The minimum Gasteiger partial charge on any atom is -0.496 e. The van der Waals surface area contributed by atoms with Gasteiger partial charge in [0.15, 0.2) is 5.16 Å². The summed E-state index contributed by atoms with van der Waals surface area (Å²) in [5.41, 5.74) is 5.78. The molecule has 0 fully saturated rings. The van der Waals surface area contributed by atoms with Crippen molar-refractivity contribution in [2.75, 3.05) is 13.7 Å². The van der Waals surface area contributed by atoms with Gasteiger partial charge in [-0.15, -0.1) is 0 Å². The summed E-state index contributed by atoms with van der Waals surface area (Å²) in [6.45, 7) is 1.15. The average Bonchev–Trinajstić information content (AvgIpc) is 3.29. The summed E-state index contributed by atoms with van der Waals surface area (Å²) in [6, 6.07) is 25.4. The van der Waals surface area contributed by atoms with Crippen LogP contribution in [0.3, 0.4) is 0 Å². The van der Waals surface area contributed by atoms with Gasteiger partial charge in [0.1, 0.15) is 5.75 Å². The zero-order chi connectivity index (χ0) is 26.3. The highest BCUT2D eigenvalue weighted by molar-refractivity contribution is 7.98. The van der Waals surface area contributed by atoms with Gasteiger partial charge in [0, 0.05) is 29.1 Å². The number of pyridine rings is 1. The van der Waals surface area contributed by atoms with E-state index < -0.39 is 0 Å². The van der Waals surface area contributed by atoms with Crippen LogP contribution in [0.15, 0.2) is 96.4 Å². The molecule has 1 N–H and O–H groups in total. The van der Waals surface area contributed by atoms with Gasteiger partial charge in [0.05, 0.1) is 30.9 Å². The fourth-order valence-corrected chi connectivity index (χ4v) is 5.42. The second-order valence-electron chi connectivity index (χ2n) is 8.78. The van der Waals surface area contributed by atoms with Crippen molar-refractivity contribution in [3.05, 3.63) is 119 Å². The number of methoxy groups -OCH3 is 1. The first-order valence-corrected chi connectivity index (χ1v) is 13.6. The zero-order valence-electron chi connectivity index (χ0n) is 20.9. The number of benzene rings is 3. The quantitative estimate of drug-likeness (QED) is 0.207. The molecular formula is C30H27ClN4O2S. The first-order valence-electron chi connectivity index (χ1n) is 12.3. The van der Waals surface area contributed by atoms with Gasteiger partial charge in [-0.25, -0.2) is 4.98 Å². The SMILES string of the molecule is COc1ccccc1CCNC(=O)c1ccc(Cn2c(SCc3cccc(Cl)c3)nc3ccncc32)cc1. The molecule has 3 aromatic carbocycles. The molecule has 8 heteroatoms. The highest BCUT2D eigenvalue weighted by atomic mass is 35.5. The number of rotatable bonds is 10. The summed E-state index contributed by atoms with van der Waals surface area (Å²) in [5, 5.41) is 4.64. The van der Waals surface area contributed by atoms with E-state index in [9.17, 15) is 4.79 Å². The minimum absolute atomic E-state index is 0.0958. The number of hydrogen-bond acceptors (Lipinski definition) is 5. The lowest BCUT2D eigenvalue weighted by atomic mass is 10.1. The molecule has 0 unspecified atom stereocenters. The van der Waals surface area contributed by atoms with Crippen LogP contribution in [0.4, 0.5) is 0 Å². The third-order valence-electron chi connectivity index (χ3n) is 6.20. The van der Waals surface area contributed by atoms with Crippen molar-refractivity contribution in [3.8, 4) is 5.75 Å². The van der Waals surface area contributed by atoms with E-state index in [1.165, 1.54) is 0 Å². The molecule has 2 heterocycles. The first kappa shape index (κ1) is 25.8. The molecule has 0 saturated carbocycles. The van der Waals surface area contributed by atoms with Crippen LogP contribution in [-0.4, -0.2) is 34.1 Å². The Hall–Kier alpha value is -3.81. The number of nitrogens with zero attached hydrogens (tertiary/aromatic N) is 3. The van der Waals surface area contributed by atoms with Crippen LogP contribution >= 0.6 is 23.4 Å². The largest absolute Gasteiger partial charge is 0.496 e. The monoisotopic (exact) mass is 542 g/mol. The van der Waals surface area contributed by atoms with Gasteiger partial charge in [-0.1, -0.05) is 65.8 Å². The molecule has 0 aliphatic carbocycles. The molecule has 5 aromatic rings. The van der Waals surface area contributed by atoms with Crippen LogP contribution in [0.25, 0.3) is 11.0 Å². The minimum atomic E-state index is -0.0958. The summed E-state index contributed by atoms with van der Waals surface area (Å²) < 4.78 is 7.56. The Bertz CT molecular complexity index is 1550. The third-order valence-corrected chi connectivity index (χ3v) is 7.48. The van der Waals surface area contributed by atoms with Crippen molar-refractivity contribution >= 4 is 40.3 Å². The van der Waals surface area contributed by atoms with Gasteiger partial charge < -0.3 is 14.6 Å². The number of hydrogen-bond donors (Lipinski definition) is 1. The summed E-state index contributed by atoms with van der Waals surface area (Å²) in [6.07, 6.45) is 4.30. The van der Waals surface area contributed by atoms with E-state index in [2.05, 4.69) is 20.9 Å². The van der Waals surface area contributed by atoms with E-state index in [1.54, 1.807) is 25.1 Å². The second kappa shape index (κ2) is 12.2. The number of ether oxygens (including phenoxy) is 1. The van der Waals surface area contributed by atoms with Gasteiger partial charge >= 0.3 is 0 Å². The highest BCUT2D eigenvalue weighted by Crippen LogP contribution is 2.28. The number of nitrogens with one attached hydrogen (secondary N) is 1. The molecule has 1 amide bonds. The Morgan fingerprint density at radius 1 is 1.03 bits per heavy atom. The third kappa shape index (κ3) is 6.18. The molecule has 0 saturated heterocycles. The molecule has 192 valence electrons. The first-order chi connectivity index (χ1) is 18.6. The Morgan fingerprint density at radius 3 is 2.68 bits per heavy atom. The number of imidazole rings is 1. The van der Waals surface area contributed by atoms with E-state index in [0.717, 1.165) is 49.4 Å². The molecule has 2 aromatic heterocycles. The average molecular weight is 543 g/mol. The Balaban J connectivity index is 1.25. The summed E-state index contributed by atoms with van der Waals surface area (Å²) in [4.78, 5) is 21.9. The smallest absolute Gasteiger partial charge is 0.251 e. The molecule has 6 nitrogen and oxygen atoms in total. The van der Waals surface area contributed by atoms with E-state index in [0.29, 0.717) is 25.1 Å². The fourth-order valence-electron chi connectivity index (χ4n) is 4.25. The fraction of sp³-hybridized carbons (Fsp3) is 0.167. The lowest BCUT2D eigenvalue weighted by Gasteiger charge is -2.11. The number of amides is 1. The molecule has 38 heavy (non-hydrogen) atoms. The summed E-state index contributed by atoms with van der Waals surface area (Å²) >= 11 is 7.82. The van der Waals surface area contributed by atoms with E-state index in [-0.39, 0.29) is 5.91 Å². The number of aromatic nitrogens is 3. The predicted octanol–water partition coefficient (Wildman–Crippen LogP) is 6.41. The maximum absolute atomic E-state index is 12.7. The van der Waals surface area contributed by atoms with Crippen LogP contribution in [0.1, 0.15) is 27.0 Å². The van der Waals surface area contributed by atoms with Gasteiger partial charge in [0.2, 0.25) is 0 Å². The normalized spacial score (nSPS) is 11.0. The summed E-state index contributed by atoms with van der Waals surface area (Å²) in [5.74, 6) is 1.49. The Labute approximate surface area is 231 Å². The number of thioether (sulfide) groups is 1. The van der Waals surface area contributed by atoms with E-state index >= 15 is 0 Å². The van der Waals surface area contributed by atoms with Crippen LogP contribution < -0.4 is 10.1 Å². The Kier molecular flexibility index (Phi) is 8.26. The molecule has 0 aliphatic heterocycles. The molecular weight excluding hydrogens is 516 g/mol. The standard InChI is InChI=1S/C30H27ClN4O2S/c1-37-28-8-3-2-6-23(28)13-16-33-29(36)24-11-9-21(10-12-24)19-35-27-18-32-15-14-26(27)34-30(35)38-20-22-5-4-7-25(31)17-22/h2-12,14-15,17-18H,13,16,19-20H2,1H3,(H,33,36). The lowest BCUT2D eigenvalue weighted by molar-refractivity contribution is 0.0954. The maximum atomic E-state index is 12.7. The number of halogens is 1. The van der Waals surface area contributed by atoms with Gasteiger partial charge in [0.25, 0.3) is 5.91 Å². The molecule has 0 atom stereocenters. The highest BCUT2D eigenvalue weighted by Gasteiger charge is 2.13. The van der Waals surface area contributed by atoms with Gasteiger partial charge in [-0.3, -0.25) is 9.78 Å². The van der Waals surface area contributed by atoms with Crippen molar-refractivity contribution in [2.45, 2.75) is 23.9 Å². The predicted molar refractivity (Wildman–Crippen MR) is 153 cm³/mol. The molecule has 0 bridgehead atoms. The lowest BCUT2D eigenvalue weighted by Crippen LogP contribution is -2.25. The number of fused-ring (bicyclic) bond motifs is 1. The van der Waals surface area contributed by atoms with Crippen molar-refractivity contribution in [1.29, 1.82) is 0 Å². The van der Waals surface area contributed by atoms with Crippen molar-refractivity contribution in [3.63, 3.8) is 0 Å². The Morgan fingerprint density at radius 2 is 1.87 bits per heavy atom.